The molecule has 0 unspecified atom stereocenters. The lowest BCUT2D eigenvalue weighted by Gasteiger charge is -2.33. The Morgan fingerprint density at radius 3 is 1.57 bits per heavy atom. The lowest BCUT2D eigenvalue weighted by atomic mass is 9.81. The number of fused-ring (bicyclic) bond motifs is 2. The summed E-state index contributed by atoms with van der Waals surface area (Å²) in [7, 11) is 0. The van der Waals surface area contributed by atoms with Crippen molar-refractivity contribution in [2.75, 3.05) is 91.6 Å². The second-order valence-electron chi connectivity index (χ2n) is 20.4. The van der Waals surface area contributed by atoms with Crippen LogP contribution in [0.3, 0.4) is 0 Å². The fourth-order valence-corrected chi connectivity index (χ4v) is 10.1. The van der Waals surface area contributed by atoms with E-state index in [-0.39, 0.29) is 134 Å². The molecule has 2 fully saturated rings. The Kier molecular flexibility index (Phi) is 25.2. The van der Waals surface area contributed by atoms with Gasteiger partial charge in [-0.15, -0.1) is 0 Å². The molecule has 0 radical (unpaired) electrons. The van der Waals surface area contributed by atoms with Gasteiger partial charge in [0.05, 0.1) is 31.9 Å². The van der Waals surface area contributed by atoms with Gasteiger partial charge in [-0.1, -0.05) is 55.1 Å². The van der Waals surface area contributed by atoms with Crippen LogP contribution in [-0.4, -0.2) is 214 Å². The molecule has 3 aromatic carbocycles. The summed E-state index contributed by atoms with van der Waals surface area (Å²) in [6.07, 6.45) is 0.137. The number of amides is 4. The van der Waals surface area contributed by atoms with Gasteiger partial charge in [0.2, 0.25) is 23.8 Å². The fraction of sp³-hybridized carbons (Fsp3) is 0.545. The summed E-state index contributed by atoms with van der Waals surface area (Å²) in [6.45, 7) is 5.06. The van der Waals surface area contributed by atoms with Gasteiger partial charge < -0.3 is 56.6 Å². The molecular formula is C55H76N8O16. The Morgan fingerprint density at radius 1 is 0.582 bits per heavy atom. The molecule has 24 heteroatoms. The van der Waals surface area contributed by atoms with Crippen LogP contribution in [0.1, 0.15) is 69.8 Å². The molecule has 1 heterocycles. The highest BCUT2D eigenvalue weighted by Crippen LogP contribution is 2.31. The molecule has 1 aliphatic carbocycles. The van der Waals surface area contributed by atoms with Crippen LogP contribution in [0.5, 0.6) is 0 Å². The number of carboxylic acid groups (broad SMARTS) is 5. The summed E-state index contributed by atoms with van der Waals surface area (Å²) in [6, 6.07) is 15.2. The first-order valence-corrected chi connectivity index (χ1v) is 26.8. The number of nitrogens with one attached hydrogen (secondary N) is 4. The van der Waals surface area contributed by atoms with Gasteiger partial charge >= 0.3 is 35.9 Å². The molecule has 1 aliphatic heterocycles. The lowest BCUT2D eigenvalue weighted by molar-refractivity contribution is -0.147. The molecule has 10 N–H and O–H groups in total. The monoisotopic (exact) mass is 1100 g/mol. The second-order valence-corrected chi connectivity index (χ2v) is 20.4. The van der Waals surface area contributed by atoms with Gasteiger partial charge in [-0.25, -0.2) is 14.4 Å². The van der Waals surface area contributed by atoms with E-state index in [4.69, 9.17) is 4.74 Å². The highest BCUT2D eigenvalue weighted by molar-refractivity contribution is 6.03. The van der Waals surface area contributed by atoms with Crippen molar-refractivity contribution in [3.63, 3.8) is 0 Å². The van der Waals surface area contributed by atoms with Crippen molar-refractivity contribution in [3.8, 4) is 0 Å². The summed E-state index contributed by atoms with van der Waals surface area (Å²) in [5.74, 6) is -7.51. The smallest absolute Gasteiger partial charge is 0.408 e. The zero-order chi connectivity index (χ0) is 57.4. The molecule has 79 heavy (non-hydrogen) atoms. The quantitative estimate of drug-likeness (QED) is 0.0284. The number of nitrogens with zero attached hydrogens (tertiary/aromatic N) is 4. The summed E-state index contributed by atoms with van der Waals surface area (Å²) < 4.78 is 4.96. The van der Waals surface area contributed by atoms with Gasteiger partial charge in [0, 0.05) is 84.2 Å². The molecule has 1 saturated carbocycles. The molecule has 432 valence electrons. The van der Waals surface area contributed by atoms with Gasteiger partial charge in [-0.05, 0) is 96.9 Å². The van der Waals surface area contributed by atoms with Crippen molar-refractivity contribution in [1.82, 2.24) is 40.9 Å². The SMILES string of the molecule is C=C(O)CCC[C@H](OC(=O)N[C@@H](CCCCNC(=O)[C@H](Cc1c2ccccc2cc2ccccc12)NC(=O)C1CCC(CNC(=O)CN2CCN(CC(=O)O)CCN(CC(=O)O)CCN(CC(=O)O)CC2)CC1)C(=O)O)C(=O)O. The number of ether oxygens (including phenoxy) is 1. The fourth-order valence-electron chi connectivity index (χ4n) is 10.1. The number of allylic oxidation sites excluding steroid dienone is 1. The van der Waals surface area contributed by atoms with E-state index in [9.17, 15) is 73.8 Å². The Hall–Kier alpha value is -7.41. The molecule has 24 nitrogen and oxygen atoms in total. The molecular weight excluding hydrogens is 1030 g/mol. The Morgan fingerprint density at radius 2 is 1.09 bits per heavy atom. The van der Waals surface area contributed by atoms with Crippen molar-refractivity contribution < 1.29 is 78.5 Å². The number of hydrogen-bond donors (Lipinski definition) is 10. The predicted molar refractivity (Wildman–Crippen MR) is 289 cm³/mol. The summed E-state index contributed by atoms with van der Waals surface area (Å²) in [4.78, 5) is 120. The normalized spacial score (nSPS) is 18.4. The number of benzene rings is 3. The van der Waals surface area contributed by atoms with E-state index in [0.717, 1.165) is 27.1 Å². The number of carbonyl (C=O) groups is 9. The third-order valence-corrected chi connectivity index (χ3v) is 14.4. The predicted octanol–water partition coefficient (Wildman–Crippen LogP) is 2.58. The molecule has 3 atom stereocenters. The third kappa shape index (κ3) is 21.7. The van der Waals surface area contributed by atoms with Crippen molar-refractivity contribution in [2.45, 2.75) is 88.8 Å². The number of unbranched alkanes of at least 4 members (excludes halogenated alkanes) is 1. The van der Waals surface area contributed by atoms with Crippen molar-refractivity contribution in [2.24, 2.45) is 11.8 Å². The Labute approximate surface area is 458 Å². The van der Waals surface area contributed by atoms with Gasteiger partial charge in [-0.3, -0.25) is 48.4 Å². The summed E-state index contributed by atoms with van der Waals surface area (Å²) in [5.41, 5.74) is 0.868. The van der Waals surface area contributed by atoms with Gasteiger partial charge in [-0.2, -0.15) is 0 Å². The average molecular weight is 1110 g/mol. The maximum Gasteiger partial charge on any atom is 0.408 e. The highest BCUT2D eigenvalue weighted by atomic mass is 16.6. The molecule has 0 bridgehead atoms. The number of alkyl carbamates (subject to hydrolysis) is 1. The van der Waals surface area contributed by atoms with Crippen LogP contribution >= 0.6 is 0 Å². The number of aliphatic hydroxyl groups is 1. The first kappa shape index (κ1) is 62.4. The third-order valence-electron chi connectivity index (χ3n) is 14.4. The molecule has 0 aromatic heterocycles. The van der Waals surface area contributed by atoms with E-state index < -0.39 is 66.0 Å². The first-order chi connectivity index (χ1) is 37.7. The van der Waals surface area contributed by atoms with E-state index in [1.165, 1.54) is 0 Å². The summed E-state index contributed by atoms with van der Waals surface area (Å²) in [5, 5.41) is 72.1. The molecule has 5 rings (SSSR count). The van der Waals surface area contributed by atoms with Crippen LogP contribution in [-0.2, 0) is 49.5 Å². The van der Waals surface area contributed by atoms with Crippen molar-refractivity contribution in [3.05, 3.63) is 72.5 Å². The van der Waals surface area contributed by atoms with E-state index in [1.807, 2.05) is 53.4 Å². The first-order valence-electron chi connectivity index (χ1n) is 26.8. The van der Waals surface area contributed by atoms with Gasteiger partial charge in [0.1, 0.15) is 12.1 Å². The zero-order valence-electron chi connectivity index (χ0n) is 44.5. The van der Waals surface area contributed by atoms with Crippen LogP contribution in [0.2, 0.25) is 0 Å². The molecule has 3 aromatic rings. The van der Waals surface area contributed by atoms with Crippen molar-refractivity contribution >= 4 is 75.2 Å². The van der Waals surface area contributed by atoms with Gasteiger partial charge in [0.15, 0.2) is 0 Å². The van der Waals surface area contributed by atoms with Crippen LogP contribution in [0.25, 0.3) is 21.5 Å². The number of rotatable bonds is 28. The number of hydrogen-bond acceptors (Lipinski definition) is 15. The standard InChI is InChI=1S/C55H76N8O16/c1-36(64)9-8-15-46(54(76)77)79-55(78)59-44(53(74)75)14-6-7-20-56-52(73)45(30-43-41-12-4-2-10-39(41)29-40-11-3-5-13-42(40)43)58-51(72)38-18-16-37(17-19-38)31-57-47(65)32-60-21-23-61(33-48(66)67)25-27-63(35-50(70)71)28-26-62(24-22-60)34-49(68)69/h2-5,10-13,29,37-38,44-46,64H,1,6-9,14-28,30-35H2,(H,56,73)(H,57,65)(H,58,72)(H,59,78)(H,66,67)(H,68,69)(H,70,71)(H,74,75)(H,76,77)/t37?,38?,44-,45-,46-/m0/s1. The summed E-state index contributed by atoms with van der Waals surface area (Å²) >= 11 is 0. The van der Waals surface area contributed by atoms with Crippen LogP contribution in [0.15, 0.2) is 66.9 Å². The molecule has 2 aliphatic rings. The Balaban J connectivity index is 1.17. The molecule has 1 saturated heterocycles. The minimum absolute atomic E-state index is 0.0291. The number of aliphatic carboxylic acids is 5. The Bertz CT molecular complexity index is 2520. The second kappa shape index (κ2) is 31.9. The number of carbonyl (C=O) groups excluding carboxylic acids is 4. The van der Waals surface area contributed by atoms with Gasteiger partial charge in [0.25, 0.3) is 0 Å². The maximum absolute atomic E-state index is 14.2. The number of carboxylic acids is 5. The van der Waals surface area contributed by atoms with E-state index in [0.29, 0.717) is 51.7 Å². The number of aliphatic hydroxyl groups excluding tert-OH is 1. The molecule has 4 amide bonds. The lowest BCUT2D eigenvalue weighted by Crippen LogP contribution is -2.50. The average Bonchev–Trinajstić information content (AvgIpc) is 3.39. The highest BCUT2D eigenvalue weighted by Gasteiger charge is 2.32. The van der Waals surface area contributed by atoms with E-state index in [1.54, 1.807) is 14.7 Å². The van der Waals surface area contributed by atoms with Crippen LogP contribution in [0, 0.1) is 11.8 Å². The topological polar surface area (TPSA) is 345 Å². The van der Waals surface area contributed by atoms with Crippen LogP contribution < -0.4 is 21.3 Å². The van der Waals surface area contributed by atoms with E-state index >= 15 is 0 Å². The minimum atomic E-state index is -1.57. The minimum Gasteiger partial charge on any atom is -0.513 e. The molecule has 0 spiro atoms. The van der Waals surface area contributed by atoms with Crippen LogP contribution in [0.4, 0.5) is 4.79 Å². The van der Waals surface area contributed by atoms with Crippen molar-refractivity contribution in [1.29, 1.82) is 0 Å². The zero-order valence-corrected chi connectivity index (χ0v) is 44.5. The van der Waals surface area contributed by atoms with E-state index in [2.05, 4.69) is 33.9 Å². The largest absolute Gasteiger partial charge is 0.513 e. The maximum atomic E-state index is 14.2.